The first kappa shape index (κ1) is 21.3. The van der Waals surface area contributed by atoms with Gasteiger partial charge in [-0.05, 0) is 82.9 Å². The summed E-state index contributed by atoms with van der Waals surface area (Å²) < 4.78 is 25.8. The summed E-state index contributed by atoms with van der Waals surface area (Å²) in [6, 6.07) is 15.7. The van der Waals surface area contributed by atoms with Crippen LogP contribution in [0.15, 0.2) is 64.1 Å². The van der Waals surface area contributed by atoms with Crippen LogP contribution in [0.2, 0.25) is 5.02 Å². The minimum Gasteiger partial charge on any atom is -0.490 e. The molecule has 3 rings (SSSR count). The summed E-state index contributed by atoms with van der Waals surface area (Å²) in [5.74, 6) is 0.853. The zero-order chi connectivity index (χ0) is 20.8. The molecule has 0 bridgehead atoms. The number of hydrogen-bond donors (Lipinski definition) is 0. The van der Waals surface area contributed by atoms with Crippen molar-refractivity contribution in [1.82, 2.24) is 0 Å². The van der Waals surface area contributed by atoms with Crippen molar-refractivity contribution >= 4 is 39.4 Å². The normalized spacial score (nSPS) is 11.1. The van der Waals surface area contributed by atoms with Gasteiger partial charge in [-0.15, -0.1) is 0 Å². The number of ether oxygens (including phenoxy) is 2. The van der Waals surface area contributed by atoms with Gasteiger partial charge in [-0.1, -0.05) is 29.8 Å². The number of aliphatic imine (C=N–C) groups is 1. The van der Waals surface area contributed by atoms with Crippen LogP contribution in [-0.2, 0) is 6.61 Å². The van der Waals surface area contributed by atoms with E-state index in [1.165, 1.54) is 12.1 Å². The van der Waals surface area contributed by atoms with E-state index in [-0.39, 0.29) is 12.4 Å². The molecule has 0 N–H and O–H groups in total. The maximum absolute atomic E-state index is 13.4. The third-order valence-electron chi connectivity index (χ3n) is 4.12. The van der Waals surface area contributed by atoms with Crippen LogP contribution in [0.25, 0.3) is 0 Å². The largest absolute Gasteiger partial charge is 0.490 e. The molecule has 0 aromatic heterocycles. The summed E-state index contributed by atoms with van der Waals surface area (Å²) in [6.07, 6.45) is 1.74. The molecular formula is C23H20BrClFNO2. The van der Waals surface area contributed by atoms with Crippen LogP contribution in [-0.4, -0.2) is 12.8 Å². The molecule has 6 heteroatoms. The smallest absolute Gasteiger partial charge is 0.175 e. The van der Waals surface area contributed by atoms with Crippen molar-refractivity contribution in [3.8, 4) is 11.5 Å². The molecule has 0 aliphatic carbocycles. The van der Waals surface area contributed by atoms with Crippen LogP contribution in [0.1, 0.15) is 23.6 Å². The van der Waals surface area contributed by atoms with Crippen molar-refractivity contribution in [2.24, 2.45) is 4.99 Å². The summed E-state index contributed by atoms with van der Waals surface area (Å²) >= 11 is 9.70. The van der Waals surface area contributed by atoms with E-state index in [1.807, 2.05) is 50.2 Å². The molecule has 0 spiro atoms. The van der Waals surface area contributed by atoms with Crippen molar-refractivity contribution in [2.45, 2.75) is 20.5 Å². The van der Waals surface area contributed by atoms with E-state index in [2.05, 4.69) is 20.9 Å². The SMILES string of the molecule is CCOc1cc(C=Nc2ccc(C)c(Cl)c2)cc(Br)c1OCc1cccc(F)c1. The van der Waals surface area contributed by atoms with E-state index in [1.54, 1.807) is 12.3 Å². The van der Waals surface area contributed by atoms with Gasteiger partial charge < -0.3 is 9.47 Å². The van der Waals surface area contributed by atoms with Gasteiger partial charge in [-0.25, -0.2) is 4.39 Å². The number of halogens is 3. The Morgan fingerprint density at radius 2 is 1.93 bits per heavy atom. The second kappa shape index (κ2) is 9.90. The molecule has 3 aromatic rings. The first-order valence-corrected chi connectivity index (χ1v) is 10.3. The summed E-state index contributed by atoms with van der Waals surface area (Å²) in [7, 11) is 0. The molecule has 0 saturated heterocycles. The molecule has 0 unspecified atom stereocenters. The van der Waals surface area contributed by atoms with E-state index < -0.39 is 0 Å². The Bertz CT molecular complexity index is 1040. The quantitative estimate of drug-likeness (QED) is 0.335. The van der Waals surface area contributed by atoms with Crippen LogP contribution < -0.4 is 9.47 Å². The molecule has 3 nitrogen and oxygen atoms in total. The second-order valence-electron chi connectivity index (χ2n) is 6.37. The maximum Gasteiger partial charge on any atom is 0.175 e. The Morgan fingerprint density at radius 3 is 2.66 bits per heavy atom. The lowest BCUT2D eigenvalue weighted by atomic mass is 10.2. The first-order valence-electron chi connectivity index (χ1n) is 9.10. The highest BCUT2D eigenvalue weighted by atomic mass is 79.9. The van der Waals surface area contributed by atoms with Crippen LogP contribution in [0.3, 0.4) is 0 Å². The van der Waals surface area contributed by atoms with Gasteiger partial charge in [0.2, 0.25) is 0 Å². The molecule has 0 atom stereocenters. The fourth-order valence-corrected chi connectivity index (χ4v) is 3.41. The van der Waals surface area contributed by atoms with Gasteiger partial charge in [-0.3, -0.25) is 4.99 Å². The second-order valence-corrected chi connectivity index (χ2v) is 7.63. The number of benzene rings is 3. The number of nitrogens with zero attached hydrogens (tertiary/aromatic N) is 1. The van der Waals surface area contributed by atoms with E-state index >= 15 is 0 Å². The van der Waals surface area contributed by atoms with E-state index in [4.69, 9.17) is 21.1 Å². The molecule has 29 heavy (non-hydrogen) atoms. The maximum atomic E-state index is 13.4. The summed E-state index contributed by atoms with van der Waals surface area (Å²) in [6.45, 7) is 4.56. The summed E-state index contributed by atoms with van der Waals surface area (Å²) in [4.78, 5) is 4.49. The highest BCUT2D eigenvalue weighted by Crippen LogP contribution is 2.37. The van der Waals surface area contributed by atoms with Gasteiger partial charge >= 0.3 is 0 Å². The molecule has 0 aliphatic heterocycles. The molecule has 0 saturated carbocycles. The van der Waals surface area contributed by atoms with Crippen molar-refractivity contribution in [3.05, 3.63) is 86.6 Å². The monoisotopic (exact) mass is 475 g/mol. The van der Waals surface area contributed by atoms with Crippen LogP contribution >= 0.6 is 27.5 Å². The van der Waals surface area contributed by atoms with Gasteiger partial charge in [0.15, 0.2) is 11.5 Å². The minimum absolute atomic E-state index is 0.228. The van der Waals surface area contributed by atoms with Gasteiger partial charge in [-0.2, -0.15) is 0 Å². The Morgan fingerprint density at radius 1 is 1.10 bits per heavy atom. The predicted molar refractivity (Wildman–Crippen MR) is 119 cm³/mol. The molecule has 0 radical (unpaired) electrons. The van der Waals surface area contributed by atoms with Crippen molar-refractivity contribution < 1.29 is 13.9 Å². The minimum atomic E-state index is -0.294. The van der Waals surface area contributed by atoms with E-state index in [0.717, 1.165) is 26.9 Å². The van der Waals surface area contributed by atoms with Gasteiger partial charge in [0, 0.05) is 11.2 Å². The van der Waals surface area contributed by atoms with Crippen LogP contribution in [0.5, 0.6) is 11.5 Å². The lowest BCUT2D eigenvalue weighted by molar-refractivity contribution is 0.267. The third kappa shape index (κ3) is 5.81. The molecule has 0 aliphatic rings. The average molecular weight is 477 g/mol. The first-order chi connectivity index (χ1) is 14.0. The summed E-state index contributed by atoms with van der Waals surface area (Å²) in [5, 5.41) is 0.678. The highest BCUT2D eigenvalue weighted by Gasteiger charge is 2.12. The highest BCUT2D eigenvalue weighted by molar-refractivity contribution is 9.10. The standard InChI is InChI=1S/C23H20BrClFNO2/c1-3-28-22-11-17(13-27-19-8-7-15(2)21(25)12-19)10-20(24)23(22)29-14-16-5-4-6-18(26)9-16/h4-13H,3,14H2,1-2H3. The summed E-state index contributed by atoms with van der Waals surface area (Å²) in [5.41, 5.74) is 3.35. The third-order valence-corrected chi connectivity index (χ3v) is 5.12. The van der Waals surface area contributed by atoms with E-state index in [0.29, 0.717) is 23.1 Å². The molecule has 0 amide bonds. The fraction of sp³-hybridized carbons (Fsp3) is 0.174. The van der Waals surface area contributed by atoms with Gasteiger partial charge in [0.05, 0.1) is 16.8 Å². The fourth-order valence-electron chi connectivity index (χ4n) is 2.66. The zero-order valence-electron chi connectivity index (χ0n) is 16.1. The van der Waals surface area contributed by atoms with Crippen molar-refractivity contribution in [3.63, 3.8) is 0 Å². The van der Waals surface area contributed by atoms with E-state index in [9.17, 15) is 4.39 Å². The molecule has 0 heterocycles. The lowest BCUT2D eigenvalue weighted by Gasteiger charge is -2.14. The molecule has 0 fully saturated rings. The van der Waals surface area contributed by atoms with Crippen molar-refractivity contribution in [2.75, 3.05) is 6.61 Å². The molecular weight excluding hydrogens is 457 g/mol. The average Bonchev–Trinajstić information content (AvgIpc) is 2.68. The number of rotatable bonds is 7. The predicted octanol–water partition coefficient (Wildman–Crippen LogP) is 7.28. The van der Waals surface area contributed by atoms with Crippen molar-refractivity contribution in [1.29, 1.82) is 0 Å². The molecule has 3 aromatic carbocycles. The van der Waals surface area contributed by atoms with Gasteiger partial charge in [0.1, 0.15) is 12.4 Å². The Kier molecular flexibility index (Phi) is 7.29. The zero-order valence-corrected chi connectivity index (χ0v) is 18.4. The number of aryl methyl sites for hydroxylation is 1. The number of hydrogen-bond acceptors (Lipinski definition) is 3. The van der Waals surface area contributed by atoms with Crippen LogP contribution in [0, 0.1) is 12.7 Å². The lowest BCUT2D eigenvalue weighted by Crippen LogP contribution is -2.01. The Labute approximate surface area is 183 Å². The molecule has 150 valence electrons. The Balaban J connectivity index is 1.83. The van der Waals surface area contributed by atoms with Gasteiger partial charge in [0.25, 0.3) is 0 Å². The Hall–Kier alpha value is -2.37. The van der Waals surface area contributed by atoms with Crippen LogP contribution in [0.4, 0.5) is 10.1 Å². The topological polar surface area (TPSA) is 30.8 Å².